The molecule has 0 aromatic heterocycles. The Bertz CT molecular complexity index is 692. The molecule has 7 heteroatoms. The molecule has 0 saturated heterocycles. The summed E-state index contributed by atoms with van der Waals surface area (Å²) in [6.07, 6.45) is 1.76. The van der Waals surface area contributed by atoms with E-state index in [1.807, 2.05) is 28.2 Å². The van der Waals surface area contributed by atoms with Crippen LogP contribution in [0.2, 0.25) is 0 Å². The summed E-state index contributed by atoms with van der Waals surface area (Å²) in [7, 11) is 24.4. The minimum atomic E-state index is -2.30. The molecule has 0 saturated carbocycles. The predicted molar refractivity (Wildman–Crippen MR) is 125 cm³/mol. The molecule has 0 atom stereocenters. The maximum atomic E-state index is 10.1. The van der Waals surface area contributed by atoms with Crippen molar-refractivity contribution in [3.05, 3.63) is 59.7 Å². The second kappa shape index (κ2) is 9.18. The lowest BCUT2D eigenvalue weighted by Gasteiger charge is -2.25. The summed E-state index contributed by atoms with van der Waals surface area (Å²) in [6.45, 7) is 1.73. The van der Waals surface area contributed by atoms with Crippen molar-refractivity contribution in [1.29, 1.82) is 0 Å². The van der Waals surface area contributed by atoms with Crippen molar-refractivity contribution in [2.45, 2.75) is 12.8 Å². The number of aliphatic hydroxyl groups is 1. The smallest absolute Gasteiger partial charge is 0.401 e. The van der Waals surface area contributed by atoms with E-state index in [4.69, 9.17) is 23.5 Å². The molecule has 0 heterocycles. The SMILES string of the molecule is [B][N+](C)(C)CCc1ccc([P+]([B])(CO)c2ccc(CC[N+]([B])(C)C)cc2)cc1. The van der Waals surface area contributed by atoms with Crippen molar-refractivity contribution in [2.24, 2.45) is 0 Å². The van der Waals surface area contributed by atoms with E-state index in [-0.39, 0.29) is 6.35 Å². The minimum absolute atomic E-state index is 0.0505. The molecule has 2 aromatic carbocycles. The van der Waals surface area contributed by atoms with E-state index in [2.05, 4.69) is 48.5 Å². The van der Waals surface area contributed by atoms with Crippen LogP contribution in [0, 0.1) is 0 Å². The second-order valence-corrected chi connectivity index (χ2v) is 11.9. The van der Waals surface area contributed by atoms with Crippen molar-refractivity contribution in [3.63, 3.8) is 0 Å². The van der Waals surface area contributed by atoms with Crippen LogP contribution in [0.25, 0.3) is 0 Å². The molecule has 1 N–H and O–H groups in total. The van der Waals surface area contributed by atoms with Crippen molar-refractivity contribution in [3.8, 4) is 0 Å². The van der Waals surface area contributed by atoms with Gasteiger partial charge in [0, 0.05) is 41.0 Å². The van der Waals surface area contributed by atoms with Crippen LogP contribution < -0.4 is 10.6 Å². The fraction of sp³-hybridized carbons (Fsp3) is 0.429. The number of quaternary nitrogens is 2. The second-order valence-electron chi connectivity index (χ2n) is 8.85. The first kappa shape index (κ1) is 23.2. The van der Waals surface area contributed by atoms with Gasteiger partial charge in [-0.05, 0) is 35.4 Å². The van der Waals surface area contributed by atoms with E-state index in [0.29, 0.717) is 8.79 Å². The van der Waals surface area contributed by atoms with Gasteiger partial charge >= 0.3 is 23.5 Å². The van der Waals surface area contributed by atoms with Gasteiger partial charge in [0.15, 0.2) is 0 Å². The fourth-order valence-corrected chi connectivity index (χ4v) is 4.99. The molecule has 0 aliphatic rings. The normalized spacial score (nSPS) is 12.9. The molecule has 0 bridgehead atoms. The number of hydrogen-bond donors (Lipinski definition) is 1. The zero-order valence-electron chi connectivity index (χ0n) is 17.7. The summed E-state index contributed by atoms with van der Waals surface area (Å²) in [6, 6.07) is 16.6. The van der Waals surface area contributed by atoms with E-state index in [1.165, 1.54) is 11.1 Å². The standard InChI is InChI=1S/C21H31B3N2OP/c1-25(2,22)15-13-18-5-9-20(10-6-18)28(24,17-27)21-11-7-19(8-12-21)14-16-26(3,4)23/h5-12,27H,13-17H2,1-4H3/q+3. The Kier molecular flexibility index (Phi) is 7.61. The molecule has 28 heavy (non-hydrogen) atoms. The van der Waals surface area contributed by atoms with Crippen molar-refractivity contribution < 1.29 is 13.9 Å². The van der Waals surface area contributed by atoms with Crippen molar-refractivity contribution >= 4 is 41.3 Å². The molecular formula is C21H31B3N2OP+3. The molecule has 3 nitrogen and oxygen atoms in total. The van der Waals surface area contributed by atoms with Gasteiger partial charge in [-0.2, -0.15) is 0 Å². The molecule has 0 amide bonds. The predicted octanol–water partition coefficient (Wildman–Crippen LogP) is 1.09. The lowest BCUT2D eigenvalue weighted by molar-refractivity contribution is -0.772. The summed E-state index contributed by atoms with van der Waals surface area (Å²) in [5, 5.41) is 12.2. The largest absolute Gasteiger partial charge is 0.480 e. The average Bonchev–Trinajstić information content (AvgIpc) is 2.64. The Morgan fingerprint density at radius 1 is 0.714 bits per heavy atom. The third kappa shape index (κ3) is 6.78. The van der Waals surface area contributed by atoms with Gasteiger partial charge in [0.2, 0.25) is 0 Å². The molecular weight excluding hydrogens is 360 g/mol. The van der Waals surface area contributed by atoms with Crippen LogP contribution in [0.3, 0.4) is 0 Å². The summed E-state index contributed by atoms with van der Waals surface area (Å²) >= 11 is 0. The lowest BCUT2D eigenvalue weighted by Crippen LogP contribution is -2.38. The van der Waals surface area contributed by atoms with Crippen LogP contribution >= 0.6 is 7.14 Å². The number of hydrogen-bond acceptors (Lipinski definition) is 1. The number of aliphatic hydroxyl groups excluding tert-OH is 1. The Morgan fingerprint density at radius 3 is 1.29 bits per heavy atom. The Hall–Kier alpha value is -1.06. The van der Waals surface area contributed by atoms with E-state index < -0.39 is 7.14 Å². The molecule has 0 unspecified atom stereocenters. The van der Waals surface area contributed by atoms with E-state index in [0.717, 1.165) is 36.5 Å². The lowest BCUT2D eigenvalue weighted by atomic mass is 10.1. The Labute approximate surface area is 175 Å². The van der Waals surface area contributed by atoms with Crippen LogP contribution in [-0.4, -0.2) is 85.1 Å². The average molecular weight is 391 g/mol. The molecule has 0 aliphatic heterocycles. The first-order valence-electron chi connectivity index (χ1n) is 9.63. The number of rotatable bonds is 9. The van der Waals surface area contributed by atoms with Crippen LogP contribution in [0.15, 0.2) is 48.5 Å². The fourth-order valence-electron chi connectivity index (χ4n) is 3.00. The molecule has 2 aromatic rings. The summed E-state index contributed by atoms with van der Waals surface area (Å²) in [5.41, 5.74) is 2.45. The first-order valence-corrected chi connectivity index (χ1v) is 11.7. The third-order valence-electron chi connectivity index (χ3n) is 4.97. The van der Waals surface area contributed by atoms with E-state index in [9.17, 15) is 5.11 Å². The zero-order chi connectivity index (χ0) is 21.0. The van der Waals surface area contributed by atoms with Crippen molar-refractivity contribution in [2.75, 3.05) is 47.6 Å². The van der Waals surface area contributed by atoms with Gasteiger partial charge < -0.3 is 13.9 Å². The van der Waals surface area contributed by atoms with Crippen molar-refractivity contribution in [1.82, 2.24) is 0 Å². The van der Waals surface area contributed by atoms with Gasteiger partial charge in [0.1, 0.15) is 6.35 Å². The maximum Gasteiger partial charge on any atom is 0.480 e. The van der Waals surface area contributed by atoms with Crippen LogP contribution in [0.5, 0.6) is 0 Å². The highest BCUT2D eigenvalue weighted by molar-refractivity contribution is 8.08. The zero-order valence-corrected chi connectivity index (χ0v) is 18.6. The first-order chi connectivity index (χ1) is 12.9. The maximum absolute atomic E-state index is 10.1. The molecule has 0 aliphatic carbocycles. The monoisotopic (exact) mass is 391 g/mol. The van der Waals surface area contributed by atoms with E-state index in [1.54, 1.807) is 0 Å². The van der Waals surface area contributed by atoms with Gasteiger partial charge in [-0.3, -0.25) is 0 Å². The summed E-state index contributed by atoms with van der Waals surface area (Å²) in [5.74, 6) is 0. The van der Waals surface area contributed by atoms with Gasteiger partial charge in [0.25, 0.3) is 0 Å². The highest BCUT2D eigenvalue weighted by Gasteiger charge is 2.36. The van der Waals surface area contributed by atoms with Crippen LogP contribution in [-0.2, 0) is 12.8 Å². The number of nitrogens with zero attached hydrogens (tertiary/aromatic N) is 2. The quantitative estimate of drug-likeness (QED) is 0.502. The number of likely N-dealkylation sites (N-methyl/N-ethyl adjacent to an activating group) is 2. The van der Waals surface area contributed by atoms with Crippen LogP contribution in [0.4, 0.5) is 0 Å². The highest BCUT2D eigenvalue weighted by Crippen LogP contribution is 2.50. The topological polar surface area (TPSA) is 20.2 Å². The van der Waals surface area contributed by atoms with Crippen LogP contribution in [0.1, 0.15) is 11.1 Å². The van der Waals surface area contributed by atoms with Gasteiger partial charge in [-0.1, -0.05) is 24.3 Å². The Balaban J connectivity index is 2.15. The van der Waals surface area contributed by atoms with E-state index >= 15 is 0 Å². The third-order valence-corrected chi connectivity index (χ3v) is 7.86. The van der Waals surface area contributed by atoms with Gasteiger partial charge in [0.05, 0.1) is 30.8 Å². The summed E-state index contributed by atoms with van der Waals surface area (Å²) < 4.78 is 0.886. The Morgan fingerprint density at radius 2 is 1.04 bits per heavy atom. The van der Waals surface area contributed by atoms with Gasteiger partial charge in [-0.25, -0.2) is 0 Å². The van der Waals surface area contributed by atoms with Gasteiger partial charge in [-0.15, -0.1) is 0 Å². The molecule has 0 fully saturated rings. The highest BCUT2D eigenvalue weighted by atomic mass is 31.2. The number of benzene rings is 2. The molecule has 2 rings (SSSR count). The molecule has 142 valence electrons. The molecule has 0 spiro atoms. The molecule has 6 radical (unpaired) electrons. The summed E-state index contributed by atoms with van der Waals surface area (Å²) in [4.78, 5) is 0. The minimum Gasteiger partial charge on any atom is -0.401 e.